The molecule has 4 heterocycles. The molecule has 6 rings (SSSR count). The summed E-state index contributed by atoms with van der Waals surface area (Å²) in [6.45, 7) is 3.80. The molecular weight excluding hydrogens is 448 g/mol. The molecule has 4 aromatic rings. The van der Waals surface area contributed by atoms with Crippen molar-refractivity contribution in [3.63, 3.8) is 0 Å². The van der Waals surface area contributed by atoms with Crippen molar-refractivity contribution in [3.05, 3.63) is 83.1 Å². The summed E-state index contributed by atoms with van der Waals surface area (Å²) in [7, 11) is 0. The van der Waals surface area contributed by atoms with Crippen LogP contribution in [0, 0.1) is 0 Å². The maximum atomic E-state index is 13.1. The molecule has 1 atom stereocenters. The topological polar surface area (TPSA) is 59.4 Å². The number of carbonyl (C=O) groups excluding carboxylic acids is 1. The second kappa shape index (κ2) is 8.78. The lowest BCUT2D eigenvalue weighted by molar-refractivity contribution is -0.138. The number of ether oxygens (including phenoxy) is 1. The lowest BCUT2D eigenvalue weighted by Crippen LogP contribution is -2.50. The molecular formula is C27H25ClN4O2. The van der Waals surface area contributed by atoms with E-state index in [-0.39, 0.29) is 5.91 Å². The zero-order valence-corrected chi connectivity index (χ0v) is 19.5. The summed E-state index contributed by atoms with van der Waals surface area (Å²) < 4.78 is 8.47. The third-order valence-electron chi connectivity index (χ3n) is 6.65. The molecule has 2 aromatic heterocycles. The van der Waals surface area contributed by atoms with Crippen molar-refractivity contribution in [2.75, 3.05) is 26.2 Å². The van der Waals surface area contributed by atoms with Crippen LogP contribution in [0.4, 0.5) is 0 Å². The number of aromatic nitrogens is 2. The van der Waals surface area contributed by atoms with Gasteiger partial charge in [-0.05, 0) is 35.4 Å². The smallest absolute Gasteiger partial charge is 0.264 e. The zero-order valence-electron chi connectivity index (χ0n) is 18.7. The molecule has 34 heavy (non-hydrogen) atoms. The predicted molar refractivity (Wildman–Crippen MR) is 133 cm³/mol. The molecule has 0 saturated carbocycles. The number of amides is 1. The number of fused-ring (bicyclic) bond motifs is 2. The van der Waals surface area contributed by atoms with Crippen LogP contribution in [0.15, 0.2) is 67.0 Å². The molecule has 0 radical (unpaired) electrons. The van der Waals surface area contributed by atoms with Crippen molar-refractivity contribution in [2.24, 2.45) is 0 Å². The van der Waals surface area contributed by atoms with Gasteiger partial charge in [0.15, 0.2) is 6.10 Å². The molecule has 1 N–H and O–H groups in total. The van der Waals surface area contributed by atoms with E-state index in [1.165, 1.54) is 5.56 Å². The van der Waals surface area contributed by atoms with E-state index >= 15 is 0 Å². The minimum absolute atomic E-state index is 0.0497. The number of pyridine rings is 1. The Bertz CT molecular complexity index is 1360. The van der Waals surface area contributed by atoms with Crippen molar-refractivity contribution in [3.8, 4) is 16.9 Å². The van der Waals surface area contributed by atoms with Gasteiger partial charge in [0.2, 0.25) is 0 Å². The van der Waals surface area contributed by atoms with Gasteiger partial charge in [-0.15, -0.1) is 0 Å². The number of hydrogen-bond donors (Lipinski definition) is 1. The SMILES string of the molecule is O=C([C@H]1Cc2cc(Cl)cc(-c3ccnc4c3ccn4Cc3ccccc3)c2O1)N1CCNCC1. The minimum Gasteiger partial charge on any atom is -0.479 e. The number of nitrogens with one attached hydrogen (secondary N) is 1. The maximum absolute atomic E-state index is 13.1. The highest BCUT2D eigenvalue weighted by atomic mass is 35.5. The van der Waals surface area contributed by atoms with Gasteiger partial charge in [-0.2, -0.15) is 0 Å². The fourth-order valence-electron chi connectivity index (χ4n) is 4.98. The molecule has 0 unspecified atom stereocenters. The molecule has 172 valence electrons. The zero-order chi connectivity index (χ0) is 23.1. The normalized spacial score (nSPS) is 17.6. The quantitative estimate of drug-likeness (QED) is 0.485. The lowest BCUT2D eigenvalue weighted by atomic mass is 9.99. The Morgan fingerprint density at radius 3 is 2.74 bits per heavy atom. The second-order valence-corrected chi connectivity index (χ2v) is 9.29. The maximum Gasteiger partial charge on any atom is 0.264 e. The van der Waals surface area contributed by atoms with Gasteiger partial charge in [-0.3, -0.25) is 4.79 Å². The Morgan fingerprint density at radius 1 is 1.09 bits per heavy atom. The third-order valence-corrected chi connectivity index (χ3v) is 6.87. The minimum atomic E-state index is -0.509. The highest BCUT2D eigenvalue weighted by molar-refractivity contribution is 6.31. The number of nitrogens with zero attached hydrogens (tertiary/aromatic N) is 3. The Labute approximate surface area is 203 Å². The Hall–Kier alpha value is -3.35. The number of hydrogen-bond acceptors (Lipinski definition) is 4. The van der Waals surface area contributed by atoms with Gasteiger partial charge in [0.05, 0.1) is 0 Å². The molecule has 1 amide bonds. The first-order valence-electron chi connectivity index (χ1n) is 11.6. The first-order chi connectivity index (χ1) is 16.7. The number of piperazine rings is 1. The highest BCUT2D eigenvalue weighted by Gasteiger charge is 2.35. The molecule has 0 bridgehead atoms. The van der Waals surface area contributed by atoms with Crippen LogP contribution in [-0.4, -0.2) is 52.6 Å². The summed E-state index contributed by atoms with van der Waals surface area (Å²) in [6.07, 6.45) is 3.92. The van der Waals surface area contributed by atoms with Crippen LogP contribution in [0.3, 0.4) is 0 Å². The first kappa shape index (κ1) is 21.2. The van der Waals surface area contributed by atoms with Gasteiger partial charge in [0.1, 0.15) is 11.4 Å². The molecule has 6 nitrogen and oxygen atoms in total. The monoisotopic (exact) mass is 472 g/mol. The predicted octanol–water partition coefficient (Wildman–Crippen LogP) is 4.14. The summed E-state index contributed by atoms with van der Waals surface area (Å²) >= 11 is 6.54. The van der Waals surface area contributed by atoms with Gasteiger partial charge in [0.25, 0.3) is 5.91 Å². The van der Waals surface area contributed by atoms with Crippen molar-refractivity contribution in [1.82, 2.24) is 19.8 Å². The lowest BCUT2D eigenvalue weighted by Gasteiger charge is -2.29. The fourth-order valence-corrected chi connectivity index (χ4v) is 5.23. The molecule has 1 saturated heterocycles. The molecule has 2 aliphatic rings. The van der Waals surface area contributed by atoms with Crippen molar-refractivity contribution in [2.45, 2.75) is 19.1 Å². The van der Waals surface area contributed by atoms with E-state index in [1.54, 1.807) is 0 Å². The first-order valence-corrected chi connectivity index (χ1v) is 12.0. The highest BCUT2D eigenvalue weighted by Crippen LogP contribution is 2.43. The van der Waals surface area contributed by atoms with E-state index in [1.807, 2.05) is 47.5 Å². The number of carbonyl (C=O) groups is 1. The van der Waals surface area contributed by atoms with Crippen molar-refractivity contribution < 1.29 is 9.53 Å². The Kier molecular flexibility index (Phi) is 5.47. The van der Waals surface area contributed by atoms with Gasteiger partial charge >= 0.3 is 0 Å². The summed E-state index contributed by atoms with van der Waals surface area (Å²) in [5.41, 5.74) is 5.01. The van der Waals surface area contributed by atoms with E-state index in [9.17, 15) is 4.79 Å². The van der Waals surface area contributed by atoms with E-state index in [0.29, 0.717) is 24.5 Å². The van der Waals surface area contributed by atoms with Crippen LogP contribution in [0.5, 0.6) is 5.75 Å². The van der Waals surface area contributed by atoms with E-state index in [0.717, 1.165) is 53.1 Å². The number of halogens is 1. The summed E-state index contributed by atoms with van der Waals surface area (Å²) in [5.74, 6) is 0.801. The standard InChI is InChI=1S/C27H25ClN4O2/c28-20-14-19-15-24(27(33)31-12-9-29-10-13-31)34-25(19)23(16-20)21-6-8-30-26-22(21)7-11-32(26)17-18-4-2-1-3-5-18/h1-8,11,14,16,24,29H,9-10,12-13,15,17H2/t24-/m1/s1. The van der Waals surface area contributed by atoms with Crippen LogP contribution in [-0.2, 0) is 17.8 Å². The molecule has 7 heteroatoms. The van der Waals surface area contributed by atoms with Crippen LogP contribution in [0.1, 0.15) is 11.1 Å². The largest absolute Gasteiger partial charge is 0.479 e. The molecule has 0 aliphatic carbocycles. The average Bonchev–Trinajstić information content (AvgIpc) is 3.48. The van der Waals surface area contributed by atoms with Gasteiger partial charge in [-0.25, -0.2) is 4.98 Å². The Morgan fingerprint density at radius 2 is 1.91 bits per heavy atom. The number of rotatable bonds is 4. The number of benzene rings is 2. The molecule has 2 aromatic carbocycles. The van der Waals surface area contributed by atoms with Crippen LogP contribution in [0.25, 0.3) is 22.2 Å². The van der Waals surface area contributed by atoms with Gasteiger partial charge < -0.3 is 19.5 Å². The van der Waals surface area contributed by atoms with Crippen molar-refractivity contribution in [1.29, 1.82) is 0 Å². The van der Waals surface area contributed by atoms with Crippen LogP contribution >= 0.6 is 11.6 Å². The summed E-state index contributed by atoms with van der Waals surface area (Å²) in [6, 6.07) is 18.3. The van der Waals surface area contributed by atoms with E-state index < -0.39 is 6.10 Å². The van der Waals surface area contributed by atoms with Gasteiger partial charge in [-0.1, -0.05) is 41.9 Å². The second-order valence-electron chi connectivity index (χ2n) is 8.85. The molecule has 1 fully saturated rings. The van der Waals surface area contributed by atoms with E-state index in [4.69, 9.17) is 16.3 Å². The van der Waals surface area contributed by atoms with Crippen molar-refractivity contribution >= 4 is 28.5 Å². The summed E-state index contributed by atoms with van der Waals surface area (Å²) in [4.78, 5) is 19.7. The van der Waals surface area contributed by atoms with Crippen LogP contribution in [0.2, 0.25) is 5.02 Å². The summed E-state index contributed by atoms with van der Waals surface area (Å²) in [5, 5.41) is 4.96. The fraction of sp³-hybridized carbons (Fsp3) is 0.259. The Balaban J connectivity index is 1.36. The average molecular weight is 473 g/mol. The van der Waals surface area contributed by atoms with E-state index in [2.05, 4.69) is 39.3 Å². The van der Waals surface area contributed by atoms with Crippen LogP contribution < -0.4 is 10.1 Å². The third kappa shape index (κ3) is 3.83. The molecule has 2 aliphatic heterocycles. The van der Waals surface area contributed by atoms with Gasteiger partial charge in [0, 0.05) is 73.1 Å². The molecule has 0 spiro atoms.